The van der Waals surface area contributed by atoms with E-state index in [0.29, 0.717) is 25.8 Å². The molecule has 0 aromatic carbocycles. The van der Waals surface area contributed by atoms with Crippen LogP contribution in [0.3, 0.4) is 0 Å². The first-order valence-corrected chi connectivity index (χ1v) is 6.28. The van der Waals surface area contributed by atoms with Gasteiger partial charge in [0, 0.05) is 32.4 Å². The fourth-order valence-corrected chi connectivity index (χ4v) is 1.68. The first-order valence-electron chi connectivity index (χ1n) is 6.28. The fraction of sp³-hybridized carbons (Fsp3) is 0.583. The Hall–Kier alpha value is -2.05. The van der Waals surface area contributed by atoms with Crippen molar-refractivity contribution in [2.24, 2.45) is 7.05 Å². The van der Waals surface area contributed by atoms with Crippen LogP contribution >= 0.6 is 0 Å². The predicted octanol–water partition coefficient (Wildman–Crippen LogP) is 0.515. The lowest BCUT2D eigenvalue weighted by Crippen LogP contribution is -2.46. The van der Waals surface area contributed by atoms with Crippen molar-refractivity contribution in [1.82, 2.24) is 20.2 Å². The molecule has 1 heterocycles. The molecule has 1 aromatic rings. The number of nitrogens with zero attached hydrogens (tertiary/aromatic N) is 2. The number of carbonyl (C=O) groups excluding carboxylic acids is 1. The molecule has 19 heavy (non-hydrogen) atoms. The number of aliphatic carboxylic acids is 1. The number of hydrogen-bond donors (Lipinski definition) is 3. The molecule has 3 N–H and O–H groups in total. The molecule has 0 bridgehead atoms. The molecule has 0 aliphatic rings. The molecule has 106 valence electrons. The fourth-order valence-electron chi connectivity index (χ4n) is 1.68. The number of carbonyl (C=O) groups is 2. The normalized spacial score (nSPS) is 11.9. The van der Waals surface area contributed by atoms with Gasteiger partial charge in [-0.3, -0.25) is 0 Å². The number of urea groups is 1. The smallest absolute Gasteiger partial charge is 0.326 e. The first kappa shape index (κ1) is 15.0. The number of nitrogens with one attached hydrogen (secondary N) is 2. The Balaban J connectivity index is 2.31. The summed E-state index contributed by atoms with van der Waals surface area (Å²) in [6, 6.07) is -1.30. The Kier molecular flexibility index (Phi) is 5.84. The third-order valence-electron chi connectivity index (χ3n) is 2.74. The summed E-state index contributed by atoms with van der Waals surface area (Å²) in [5.74, 6) is -0.148. The number of amides is 2. The largest absolute Gasteiger partial charge is 0.480 e. The molecule has 7 heteroatoms. The predicted molar refractivity (Wildman–Crippen MR) is 69.8 cm³/mol. The zero-order chi connectivity index (χ0) is 14.3. The van der Waals surface area contributed by atoms with Gasteiger partial charge >= 0.3 is 12.0 Å². The molecule has 0 aliphatic carbocycles. The van der Waals surface area contributed by atoms with Crippen LogP contribution in [0.15, 0.2) is 12.4 Å². The van der Waals surface area contributed by atoms with Gasteiger partial charge in [0.05, 0.1) is 0 Å². The van der Waals surface area contributed by atoms with Crippen LogP contribution in [0.2, 0.25) is 0 Å². The van der Waals surface area contributed by atoms with Crippen LogP contribution in [0, 0.1) is 0 Å². The molecule has 0 saturated carbocycles. The van der Waals surface area contributed by atoms with E-state index in [1.165, 1.54) is 0 Å². The van der Waals surface area contributed by atoms with Crippen LogP contribution in [0.25, 0.3) is 0 Å². The van der Waals surface area contributed by atoms with Crippen molar-refractivity contribution in [2.45, 2.75) is 32.2 Å². The van der Waals surface area contributed by atoms with Gasteiger partial charge in [-0.15, -0.1) is 0 Å². The number of carboxylic acid groups (broad SMARTS) is 1. The monoisotopic (exact) mass is 268 g/mol. The van der Waals surface area contributed by atoms with Gasteiger partial charge in [-0.05, 0) is 6.42 Å². The van der Waals surface area contributed by atoms with Gasteiger partial charge in [0.25, 0.3) is 0 Å². The number of carboxylic acids is 1. The van der Waals surface area contributed by atoms with Gasteiger partial charge in [0.1, 0.15) is 11.9 Å². The average Bonchev–Trinajstić information content (AvgIpc) is 2.74. The van der Waals surface area contributed by atoms with E-state index in [1.54, 1.807) is 6.20 Å². The SMILES string of the molecule is CCC[C@@H](NC(=O)NCCc1nccn1C)C(=O)O. The number of aryl methyl sites for hydroxylation is 1. The van der Waals surface area contributed by atoms with E-state index in [2.05, 4.69) is 15.6 Å². The van der Waals surface area contributed by atoms with Crippen LogP contribution < -0.4 is 10.6 Å². The van der Waals surface area contributed by atoms with Gasteiger partial charge in [-0.25, -0.2) is 14.6 Å². The summed E-state index contributed by atoms with van der Waals surface area (Å²) in [7, 11) is 1.88. The molecule has 0 fully saturated rings. The maximum atomic E-state index is 11.5. The lowest BCUT2D eigenvalue weighted by atomic mass is 10.2. The van der Waals surface area contributed by atoms with E-state index in [0.717, 1.165) is 5.82 Å². The molecule has 1 atom stereocenters. The quantitative estimate of drug-likeness (QED) is 0.671. The van der Waals surface area contributed by atoms with Crippen LogP contribution in [-0.2, 0) is 18.3 Å². The molecule has 0 spiro atoms. The van der Waals surface area contributed by atoms with Gasteiger partial charge in [0.2, 0.25) is 0 Å². The highest BCUT2D eigenvalue weighted by Gasteiger charge is 2.18. The van der Waals surface area contributed by atoms with Crippen molar-refractivity contribution in [1.29, 1.82) is 0 Å². The Morgan fingerprint density at radius 1 is 1.53 bits per heavy atom. The molecule has 0 aliphatic heterocycles. The van der Waals surface area contributed by atoms with Crippen molar-refractivity contribution in [3.63, 3.8) is 0 Å². The summed E-state index contributed by atoms with van der Waals surface area (Å²) in [5.41, 5.74) is 0. The van der Waals surface area contributed by atoms with E-state index >= 15 is 0 Å². The van der Waals surface area contributed by atoms with Crippen molar-refractivity contribution in [3.05, 3.63) is 18.2 Å². The third-order valence-corrected chi connectivity index (χ3v) is 2.74. The summed E-state index contributed by atoms with van der Waals surface area (Å²) in [6.07, 6.45) is 5.24. The van der Waals surface area contributed by atoms with E-state index in [-0.39, 0.29) is 0 Å². The molecular weight excluding hydrogens is 248 g/mol. The maximum Gasteiger partial charge on any atom is 0.326 e. The van der Waals surface area contributed by atoms with E-state index in [1.807, 2.05) is 24.7 Å². The summed E-state index contributed by atoms with van der Waals surface area (Å²) >= 11 is 0. The van der Waals surface area contributed by atoms with Crippen molar-refractivity contribution < 1.29 is 14.7 Å². The topological polar surface area (TPSA) is 96.3 Å². The summed E-state index contributed by atoms with van der Waals surface area (Å²) in [6.45, 7) is 2.28. The minimum atomic E-state index is -1.01. The summed E-state index contributed by atoms with van der Waals surface area (Å²) in [4.78, 5) is 26.5. The molecule has 0 radical (unpaired) electrons. The lowest BCUT2D eigenvalue weighted by Gasteiger charge is -2.14. The Morgan fingerprint density at radius 2 is 2.26 bits per heavy atom. The molecule has 0 unspecified atom stereocenters. The second-order valence-electron chi connectivity index (χ2n) is 4.28. The van der Waals surface area contributed by atoms with Gasteiger partial charge in [-0.2, -0.15) is 0 Å². The third kappa shape index (κ3) is 4.99. The van der Waals surface area contributed by atoms with Crippen LogP contribution in [0.4, 0.5) is 4.79 Å². The lowest BCUT2D eigenvalue weighted by molar-refractivity contribution is -0.139. The van der Waals surface area contributed by atoms with Gasteiger partial charge < -0.3 is 20.3 Å². The second-order valence-corrected chi connectivity index (χ2v) is 4.28. The van der Waals surface area contributed by atoms with Crippen molar-refractivity contribution in [2.75, 3.05) is 6.54 Å². The van der Waals surface area contributed by atoms with Crippen molar-refractivity contribution in [3.8, 4) is 0 Å². The van der Waals surface area contributed by atoms with E-state index in [4.69, 9.17) is 5.11 Å². The maximum absolute atomic E-state index is 11.5. The molecule has 7 nitrogen and oxygen atoms in total. The number of rotatable bonds is 7. The highest BCUT2D eigenvalue weighted by molar-refractivity contribution is 5.82. The minimum Gasteiger partial charge on any atom is -0.480 e. The molecule has 0 saturated heterocycles. The standard InChI is InChI=1S/C12H20N4O3/c1-3-4-9(11(17)18)15-12(19)14-6-5-10-13-7-8-16(10)2/h7-9H,3-6H2,1-2H3,(H,17,18)(H2,14,15,19)/t9-/m1/s1. The van der Waals surface area contributed by atoms with E-state index < -0.39 is 18.0 Å². The first-order chi connectivity index (χ1) is 9.04. The number of aromatic nitrogens is 2. The van der Waals surface area contributed by atoms with Gasteiger partial charge in [0.15, 0.2) is 0 Å². The Labute approximate surface area is 112 Å². The van der Waals surface area contributed by atoms with Crippen LogP contribution in [0.1, 0.15) is 25.6 Å². The van der Waals surface area contributed by atoms with Crippen LogP contribution in [-0.4, -0.2) is 39.2 Å². The average molecular weight is 268 g/mol. The number of hydrogen-bond acceptors (Lipinski definition) is 3. The molecule has 1 aromatic heterocycles. The molecular formula is C12H20N4O3. The highest BCUT2D eigenvalue weighted by atomic mass is 16.4. The Morgan fingerprint density at radius 3 is 2.79 bits per heavy atom. The summed E-state index contributed by atoms with van der Waals surface area (Å²) in [5, 5.41) is 14.0. The highest BCUT2D eigenvalue weighted by Crippen LogP contribution is 1.97. The second kappa shape index (κ2) is 7.40. The van der Waals surface area contributed by atoms with E-state index in [9.17, 15) is 9.59 Å². The zero-order valence-electron chi connectivity index (χ0n) is 11.2. The number of imidazole rings is 1. The summed E-state index contributed by atoms with van der Waals surface area (Å²) < 4.78 is 1.87. The van der Waals surface area contributed by atoms with Gasteiger partial charge in [-0.1, -0.05) is 13.3 Å². The van der Waals surface area contributed by atoms with Crippen LogP contribution in [0.5, 0.6) is 0 Å². The minimum absolute atomic E-state index is 0.412. The Bertz CT molecular complexity index is 430. The van der Waals surface area contributed by atoms with Crippen molar-refractivity contribution >= 4 is 12.0 Å². The zero-order valence-corrected chi connectivity index (χ0v) is 11.2. The molecule has 1 rings (SSSR count). The molecule has 2 amide bonds.